The maximum atomic E-state index is 12.0. The van der Waals surface area contributed by atoms with Gasteiger partial charge in [-0.3, -0.25) is 4.79 Å². The number of amides is 1. The van der Waals surface area contributed by atoms with Crippen LogP contribution in [0.1, 0.15) is 18.7 Å². The Balaban J connectivity index is 1.73. The van der Waals surface area contributed by atoms with Gasteiger partial charge in [-0.1, -0.05) is 60.7 Å². The Morgan fingerprint density at radius 1 is 1.04 bits per heavy atom. The third-order valence-corrected chi connectivity index (χ3v) is 4.17. The Bertz CT molecular complexity index is 788. The fraction of sp³-hybridized carbons (Fsp3) is 0.273. The third-order valence-electron chi connectivity index (χ3n) is 4.17. The largest absolute Gasteiger partial charge is 0.440 e. The topological polar surface area (TPSA) is 64.4 Å². The van der Waals surface area contributed by atoms with Crippen LogP contribution in [0, 0.1) is 0 Å². The van der Waals surface area contributed by atoms with Gasteiger partial charge in [0.2, 0.25) is 5.91 Å². The van der Waals surface area contributed by atoms with Gasteiger partial charge < -0.3 is 14.5 Å². The normalized spacial score (nSPS) is 10.7. The van der Waals surface area contributed by atoms with Crippen LogP contribution < -0.4 is 5.32 Å². The van der Waals surface area contributed by atoms with Crippen LogP contribution in [0.2, 0.25) is 0 Å². The zero-order chi connectivity index (χ0) is 18.9. The lowest BCUT2D eigenvalue weighted by atomic mass is 10.1. The summed E-state index contributed by atoms with van der Waals surface area (Å²) in [6.07, 6.45) is 1.61. The average molecular weight is 364 g/mol. The van der Waals surface area contributed by atoms with E-state index in [1.807, 2.05) is 60.7 Å². The molecule has 0 saturated carbocycles. The molecule has 0 aliphatic rings. The van der Waals surface area contributed by atoms with Crippen LogP contribution in [-0.4, -0.2) is 31.2 Å². The molecule has 1 aromatic heterocycles. The SMILES string of the molecule is COCCCNC(=O)CCc1nc(-c2ccccc2)c(-c2ccccc2)o1. The van der Waals surface area contributed by atoms with Crippen molar-refractivity contribution in [2.24, 2.45) is 0 Å². The Labute approximate surface area is 159 Å². The van der Waals surface area contributed by atoms with Crippen LogP contribution in [0.4, 0.5) is 0 Å². The summed E-state index contributed by atoms with van der Waals surface area (Å²) in [7, 11) is 1.65. The second-order valence-electron chi connectivity index (χ2n) is 6.21. The summed E-state index contributed by atoms with van der Waals surface area (Å²) in [6.45, 7) is 1.25. The van der Waals surface area contributed by atoms with E-state index in [1.165, 1.54) is 0 Å². The highest BCUT2D eigenvalue weighted by Crippen LogP contribution is 2.32. The minimum absolute atomic E-state index is 0.00757. The van der Waals surface area contributed by atoms with Crippen molar-refractivity contribution < 1.29 is 13.9 Å². The molecule has 2 aromatic carbocycles. The van der Waals surface area contributed by atoms with E-state index >= 15 is 0 Å². The van der Waals surface area contributed by atoms with E-state index in [1.54, 1.807) is 7.11 Å². The van der Waals surface area contributed by atoms with Crippen LogP contribution in [0.15, 0.2) is 65.1 Å². The van der Waals surface area contributed by atoms with Crippen molar-refractivity contribution in [3.63, 3.8) is 0 Å². The average Bonchev–Trinajstić information content (AvgIpc) is 3.15. The van der Waals surface area contributed by atoms with Gasteiger partial charge in [-0.2, -0.15) is 0 Å². The molecule has 3 rings (SSSR count). The molecule has 140 valence electrons. The number of oxazole rings is 1. The predicted octanol–water partition coefficient (Wildman–Crippen LogP) is 4.09. The second-order valence-corrected chi connectivity index (χ2v) is 6.21. The molecular formula is C22H24N2O3. The quantitative estimate of drug-likeness (QED) is 0.581. The van der Waals surface area contributed by atoms with E-state index in [-0.39, 0.29) is 5.91 Å². The molecule has 0 radical (unpaired) electrons. The maximum Gasteiger partial charge on any atom is 0.220 e. The monoisotopic (exact) mass is 364 g/mol. The van der Waals surface area contributed by atoms with Crippen molar-refractivity contribution in [1.82, 2.24) is 10.3 Å². The lowest BCUT2D eigenvalue weighted by molar-refractivity contribution is -0.121. The van der Waals surface area contributed by atoms with Crippen LogP contribution in [0.3, 0.4) is 0 Å². The summed E-state index contributed by atoms with van der Waals surface area (Å²) in [6, 6.07) is 19.9. The highest BCUT2D eigenvalue weighted by molar-refractivity contribution is 5.77. The number of carbonyl (C=O) groups excluding carboxylic acids is 1. The van der Waals surface area contributed by atoms with E-state index in [0.29, 0.717) is 31.9 Å². The highest BCUT2D eigenvalue weighted by atomic mass is 16.5. The molecule has 0 saturated heterocycles. The standard InChI is InChI=1S/C22H24N2O3/c1-26-16-8-15-23-19(25)13-14-20-24-21(17-9-4-2-5-10-17)22(27-20)18-11-6-3-7-12-18/h2-7,9-12H,8,13-16H2,1H3,(H,23,25). The van der Waals surface area contributed by atoms with E-state index in [9.17, 15) is 4.79 Å². The number of methoxy groups -OCH3 is 1. The summed E-state index contributed by atoms with van der Waals surface area (Å²) in [5.74, 6) is 1.30. The summed E-state index contributed by atoms with van der Waals surface area (Å²) < 4.78 is 11.0. The molecule has 1 amide bonds. The second kappa shape index (κ2) is 9.69. The molecule has 3 aromatic rings. The van der Waals surface area contributed by atoms with Crippen LogP contribution in [0.5, 0.6) is 0 Å². The van der Waals surface area contributed by atoms with Crippen molar-refractivity contribution in [1.29, 1.82) is 0 Å². The van der Waals surface area contributed by atoms with Gasteiger partial charge >= 0.3 is 0 Å². The number of benzene rings is 2. The number of hydrogen-bond donors (Lipinski definition) is 1. The lowest BCUT2D eigenvalue weighted by Crippen LogP contribution is -2.25. The third kappa shape index (κ3) is 5.28. The summed E-state index contributed by atoms with van der Waals surface area (Å²) in [5.41, 5.74) is 2.77. The summed E-state index contributed by atoms with van der Waals surface area (Å²) >= 11 is 0. The first-order valence-electron chi connectivity index (χ1n) is 9.14. The molecule has 0 fully saturated rings. The Morgan fingerprint density at radius 3 is 2.37 bits per heavy atom. The van der Waals surface area contributed by atoms with Crippen molar-refractivity contribution in [3.8, 4) is 22.6 Å². The van der Waals surface area contributed by atoms with Crippen molar-refractivity contribution >= 4 is 5.91 Å². The van der Waals surface area contributed by atoms with E-state index in [4.69, 9.17) is 9.15 Å². The zero-order valence-electron chi connectivity index (χ0n) is 15.5. The number of rotatable bonds is 9. The van der Waals surface area contributed by atoms with E-state index < -0.39 is 0 Å². The maximum absolute atomic E-state index is 12.0. The fourth-order valence-electron chi connectivity index (χ4n) is 2.80. The number of aryl methyl sites for hydroxylation is 1. The fourth-order valence-corrected chi connectivity index (χ4v) is 2.80. The Morgan fingerprint density at radius 2 is 1.70 bits per heavy atom. The number of aromatic nitrogens is 1. The van der Waals surface area contributed by atoms with Crippen molar-refractivity contribution in [3.05, 3.63) is 66.6 Å². The van der Waals surface area contributed by atoms with Crippen LogP contribution in [0.25, 0.3) is 22.6 Å². The number of ether oxygens (including phenoxy) is 1. The molecule has 5 heteroatoms. The van der Waals surface area contributed by atoms with Gasteiger partial charge in [0, 0.05) is 44.2 Å². The lowest BCUT2D eigenvalue weighted by Gasteiger charge is -2.03. The van der Waals surface area contributed by atoms with Crippen molar-refractivity contribution in [2.75, 3.05) is 20.3 Å². The van der Waals surface area contributed by atoms with Gasteiger partial charge in [0.25, 0.3) is 0 Å². The molecule has 0 aliphatic heterocycles. The number of hydrogen-bond acceptors (Lipinski definition) is 4. The van der Waals surface area contributed by atoms with E-state index in [0.717, 1.165) is 29.0 Å². The number of carbonyl (C=O) groups is 1. The minimum Gasteiger partial charge on any atom is -0.440 e. The summed E-state index contributed by atoms with van der Waals surface area (Å²) in [4.78, 5) is 16.7. The smallest absolute Gasteiger partial charge is 0.220 e. The first-order chi connectivity index (χ1) is 13.3. The van der Waals surface area contributed by atoms with Gasteiger partial charge in [0.05, 0.1) is 0 Å². The highest BCUT2D eigenvalue weighted by Gasteiger charge is 2.17. The minimum atomic E-state index is -0.00757. The molecule has 0 aliphatic carbocycles. The molecule has 27 heavy (non-hydrogen) atoms. The molecule has 0 spiro atoms. The first-order valence-corrected chi connectivity index (χ1v) is 9.14. The van der Waals surface area contributed by atoms with Gasteiger partial charge in [-0.25, -0.2) is 4.98 Å². The summed E-state index contributed by atoms with van der Waals surface area (Å²) in [5, 5.41) is 2.88. The molecular weight excluding hydrogens is 340 g/mol. The van der Waals surface area contributed by atoms with Crippen LogP contribution in [-0.2, 0) is 16.0 Å². The number of nitrogens with zero attached hydrogens (tertiary/aromatic N) is 1. The van der Waals surface area contributed by atoms with Gasteiger partial charge in [-0.05, 0) is 6.42 Å². The molecule has 0 unspecified atom stereocenters. The van der Waals surface area contributed by atoms with Crippen molar-refractivity contribution in [2.45, 2.75) is 19.3 Å². The zero-order valence-corrected chi connectivity index (χ0v) is 15.5. The number of nitrogens with one attached hydrogen (secondary N) is 1. The first kappa shape index (κ1) is 18.9. The van der Waals surface area contributed by atoms with Gasteiger partial charge in [-0.15, -0.1) is 0 Å². The van der Waals surface area contributed by atoms with Gasteiger partial charge in [0.15, 0.2) is 11.7 Å². The molecule has 0 bridgehead atoms. The molecule has 1 heterocycles. The molecule has 1 N–H and O–H groups in total. The molecule has 0 atom stereocenters. The molecule has 5 nitrogen and oxygen atoms in total. The van der Waals surface area contributed by atoms with Gasteiger partial charge in [0.1, 0.15) is 5.69 Å². The Hall–Kier alpha value is -2.92. The Kier molecular flexibility index (Phi) is 6.77. The van der Waals surface area contributed by atoms with Crippen LogP contribution >= 0.6 is 0 Å². The predicted molar refractivity (Wildman–Crippen MR) is 105 cm³/mol. The van der Waals surface area contributed by atoms with E-state index in [2.05, 4.69) is 10.3 Å².